The molecule has 122 valence electrons. The van der Waals surface area contributed by atoms with Crippen LogP contribution in [0, 0.1) is 6.92 Å². The van der Waals surface area contributed by atoms with E-state index >= 15 is 0 Å². The molecule has 0 saturated heterocycles. The second-order valence-electron chi connectivity index (χ2n) is 5.76. The summed E-state index contributed by atoms with van der Waals surface area (Å²) < 4.78 is 27.9. The van der Waals surface area contributed by atoms with Crippen LogP contribution in [0.3, 0.4) is 0 Å². The van der Waals surface area contributed by atoms with Crippen LogP contribution in [0.4, 0.5) is 0 Å². The van der Waals surface area contributed by atoms with E-state index in [1.54, 1.807) is 24.3 Å². The van der Waals surface area contributed by atoms with E-state index < -0.39 is 10.0 Å². The largest absolute Gasteiger partial charge is 0.240 e. The Bertz CT molecular complexity index is 737. The van der Waals surface area contributed by atoms with Gasteiger partial charge >= 0.3 is 0 Å². The van der Waals surface area contributed by atoms with E-state index in [2.05, 4.69) is 11.3 Å². The lowest BCUT2D eigenvalue weighted by Crippen LogP contribution is -2.37. The van der Waals surface area contributed by atoms with E-state index in [1.165, 1.54) is 0 Å². The van der Waals surface area contributed by atoms with E-state index in [9.17, 15) is 8.42 Å². The van der Waals surface area contributed by atoms with Crippen molar-refractivity contribution < 1.29 is 8.42 Å². The van der Waals surface area contributed by atoms with Gasteiger partial charge in [-0.2, -0.15) is 0 Å². The van der Waals surface area contributed by atoms with Gasteiger partial charge in [0.2, 0.25) is 10.0 Å². The molecule has 1 N–H and O–H groups in total. The molecule has 2 atom stereocenters. The lowest BCUT2D eigenvalue weighted by molar-refractivity contribution is 0.508. The molecule has 23 heavy (non-hydrogen) atoms. The molecular formula is C19H23NO2S. The normalized spacial score (nSPS) is 14.2. The number of hydrogen-bond acceptors (Lipinski definition) is 2. The molecule has 2 rings (SSSR count). The van der Waals surface area contributed by atoms with Crippen LogP contribution >= 0.6 is 0 Å². The van der Waals surface area contributed by atoms with Crippen LogP contribution in [0.2, 0.25) is 0 Å². The summed E-state index contributed by atoms with van der Waals surface area (Å²) >= 11 is 0. The zero-order valence-electron chi connectivity index (χ0n) is 13.6. The Kier molecular flexibility index (Phi) is 5.74. The van der Waals surface area contributed by atoms with E-state index in [-0.39, 0.29) is 12.0 Å². The fourth-order valence-electron chi connectivity index (χ4n) is 2.62. The highest BCUT2D eigenvalue weighted by atomic mass is 32.2. The highest BCUT2D eigenvalue weighted by Crippen LogP contribution is 2.25. The Morgan fingerprint density at radius 2 is 1.70 bits per heavy atom. The summed E-state index contributed by atoms with van der Waals surface area (Å²) in [6, 6.07) is 16.6. The van der Waals surface area contributed by atoms with Gasteiger partial charge in [0, 0.05) is 12.0 Å². The van der Waals surface area contributed by atoms with Gasteiger partial charge in [-0.05, 0) is 38.0 Å². The number of aryl methyl sites for hydroxylation is 1. The summed E-state index contributed by atoms with van der Waals surface area (Å²) in [5, 5.41) is 0. The second-order valence-corrected chi connectivity index (χ2v) is 7.48. The predicted octanol–water partition coefficient (Wildman–Crippen LogP) is 4.02. The molecule has 0 unspecified atom stereocenters. The Labute approximate surface area is 139 Å². The van der Waals surface area contributed by atoms with Crippen LogP contribution in [-0.4, -0.2) is 14.5 Å². The van der Waals surface area contributed by atoms with Crippen molar-refractivity contribution in [3.8, 4) is 0 Å². The van der Waals surface area contributed by atoms with Crippen molar-refractivity contribution in [3.63, 3.8) is 0 Å². The van der Waals surface area contributed by atoms with Crippen LogP contribution in [0.1, 0.15) is 30.4 Å². The number of rotatable bonds is 7. The van der Waals surface area contributed by atoms with Gasteiger partial charge in [-0.1, -0.05) is 54.1 Å². The average molecular weight is 329 g/mol. The second kappa shape index (κ2) is 7.57. The van der Waals surface area contributed by atoms with Crippen molar-refractivity contribution in [1.82, 2.24) is 4.72 Å². The highest BCUT2D eigenvalue weighted by molar-refractivity contribution is 7.89. The lowest BCUT2D eigenvalue weighted by Gasteiger charge is -2.24. The van der Waals surface area contributed by atoms with Gasteiger partial charge in [0.15, 0.2) is 0 Å². The van der Waals surface area contributed by atoms with Crippen molar-refractivity contribution in [1.29, 1.82) is 0 Å². The van der Waals surface area contributed by atoms with Gasteiger partial charge < -0.3 is 0 Å². The zero-order valence-corrected chi connectivity index (χ0v) is 14.4. The standard InChI is InChI=1S/C19H23NO2S/c1-4-8-19(17-9-6-5-7-10-17)16(3)20-23(21,22)18-13-11-15(2)12-14-18/h4-7,9-14,16,19-20H,1,8H2,2-3H3/t16-,19-/m1/s1. The topological polar surface area (TPSA) is 46.2 Å². The third-order valence-electron chi connectivity index (χ3n) is 3.92. The Morgan fingerprint density at radius 3 is 2.26 bits per heavy atom. The number of hydrogen-bond donors (Lipinski definition) is 1. The molecule has 0 spiro atoms. The number of nitrogens with one attached hydrogen (secondary N) is 1. The molecule has 0 amide bonds. The third-order valence-corrected chi connectivity index (χ3v) is 5.50. The molecule has 3 nitrogen and oxygen atoms in total. The van der Waals surface area contributed by atoms with Crippen LogP contribution in [-0.2, 0) is 10.0 Å². The van der Waals surface area contributed by atoms with Gasteiger partial charge in [0.05, 0.1) is 4.90 Å². The summed E-state index contributed by atoms with van der Waals surface area (Å²) in [5.41, 5.74) is 2.14. The third kappa shape index (κ3) is 4.53. The molecule has 0 aliphatic rings. The van der Waals surface area contributed by atoms with Crippen molar-refractivity contribution >= 4 is 10.0 Å². The van der Waals surface area contributed by atoms with Crippen molar-refractivity contribution in [2.45, 2.75) is 37.1 Å². The Balaban J connectivity index is 2.22. The summed E-state index contributed by atoms with van der Waals surface area (Å²) in [4.78, 5) is 0.292. The minimum atomic E-state index is -3.53. The predicted molar refractivity (Wildman–Crippen MR) is 95.0 cm³/mol. The van der Waals surface area contributed by atoms with Crippen molar-refractivity contribution in [3.05, 3.63) is 78.4 Å². The SMILES string of the molecule is C=CC[C@@H](c1ccccc1)[C@@H](C)NS(=O)(=O)c1ccc(C)cc1. The molecule has 0 heterocycles. The molecular weight excluding hydrogens is 306 g/mol. The van der Waals surface area contributed by atoms with Gasteiger partial charge in [-0.3, -0.25) is 0 Å². The van der Waals surface area contributed by atoms with Crippen LogP contribution in [0.25, 0.3) is 0 Å². The molecule has 2 aromatic carbocycles. The van der Waals surface area contributed by atoms with E-state index in [4.69, 9.17) is 0 Å². The van der Waals surface area contributed by atoms with E-state index in [0.29, 0.717) is 11.3 Å². The summed E-state index contributed by atoms with van der Waals surface area (Å²) in [7, 11) is -3.53. The van der Waals surface area contributed by atoms with Gasteiger partial charge in [0.25, 0.3) is 0 Å². The maximum Gasteiger partial charge on any atom is 0.240 e. The molecule has 0 aliphatic carbocycles. The highest BCUT2D eigenvalue weighted by Gasteiger charge is 2.24. The first-order valence-corrected chi connectivity index (χ1v) is 9.17. The molecule has 0 bridgehead atoms. The van der Waals surface area contributed by atoms with Crippen molar-refractivity contribution in [2.24, 2.45) is 0 Å². The minimum Gasteiger partial charge on any atom is -0.208 e. The maximum atomic E-state index is 12.6. The number of sulfonamides is 1. The fourth-order valence-corrected chi connectivity index (χ4v) is 3.91. The minimum absolute atomic E-state index is 0.0499. The molecule has 0 radical (unpaired) electrons. The zero-order chi connectivity index (χ0) is 16.9. The summed E-state index contributed by atoms with van der Waals surface area (Å²) in [6.45, 7) is 7.62. The van der Waals surface area contributed by atoms with E-state index in [1.807, 2.05) is 50.3 Å². The summed E-state index contributed by atoms with van der Waals surface area (Å²) in [6.07, 6.45) is 2.54. The smallest absolute Gasteiger partial charge is 0.208 e. The van der Waals surface area contributed by atoms with Crippen LogP contribution in [0.5, 0.6) is 0 Å². The van der Waals surface area contributed by atoms with Gasteiger partial charge in [0.1, 0.15) is 0 Å². The van der Waals surface area contributed by atoms with Crippen LogP contribution in [0.15, 0.2) is 72.1 Å². The molecule has 4 heteroatoms. The Hall–Kier alpha value is -1.91. The molecule has 0 saturated carbocycles. The first kappa shape index (κ1) is 17.4. The van der Waals surface area contributed by atoms with Gasteiger partial charge in [-0.25, -0.2) is 13.1 Å². The first-order valence-electron chi connectivity index (χ1n) is 7.69. The Morgan fingerprint density at radius 1 is 1.09 bits per heavy atom. The van der Waals surface area contributed by atoms with Crippen LogP contribution < -0.4 is 4.72 Å². The molecule has 0 aliphatic heterocycles. The quantitative estimate of drug-likeness (QED) is 0.780. The van der Waals surface area contributed by atoms with Crippen molar-refractivity contribution in [2.75, 3.05) is 0 Å². The fraction of sp³-hybridized carbons (Fsp3) is 0.263. The monoisotopic (exact) mass is 329 g/mol. The average Bonchev–Trinajstić information content (AvgIpc) is 2.53. The molecule has 2 aromatic rings. The molecule has 0 aromatic heterocycles. The number of allylic oxidation sites excluding steroid dienone is 1. The molecule has 0 fully saturated rings. The first-order chi connectivity index (χ1) is 10.9. The van der Waals surface area contributed by atoms with Gasteiger partial charge in [-0.15, -0.1) is 6.58 Å². The lowest BCUT2D eigenvalue weighted by atomic mass is 9.90. The van der Waals surface area contributed by atoms with E-state index in [0.717, 1.165) is 11.1 Å². The maximum absolute atomic E-state index is 12.6. The number of benzene rings is 2. The summed E-state index contributed by atoms with van der Waals surface area (Å²) in [5.74, 6) is 0.0499.